The van der Waals surface area contributed by atoms with Crippen molar-refractivity contribution in [1.82, 2.24) is 9.97 Å². The van der Waals surface area contributed by atoms with E-state index in [2.05, 4.69) is 9.97 Å². The molecule has 0 amide bonds. The summed E-state index contributed by atoms with van der Waals surface area (Å²) in [5.41, 5.74) is 1.39. The number of nitro groups is 1. The van der Waals surface area contributed by atoms with Crippen LogP contribution in [0.2, 0.25) is 0 Å². The summed E-state index contributed by atoms with van der Waals surface area (Å²) in [6.07, 6.45) is 1.86. The van der Waals surface area contributed by atoms with Crippen LogP contribution in [0.25, 0.3) is 0 Å². The number of carbonyl (C=O) groups is 1. The van der Waals surface area contributed by atoms with Gasteiger partial charge in [-0.05, 0) is 18.9 Å². The topological polar surface area (TPSA) is 119 Å². The maximum Gasteiger partial charge on any atom is 0.345 e. The van der Waals surface area contributed by atoms with Gasteiger partial charge in [0.2, 0.25) is 11.8 Å². The van der Waals surface area contributed by atoms with E-state index in [9.17, 15) is 20.0 Å². The van der Waals surface area contributed by atoms with Crippen LogP contribution in [-0.2, 0) is 11.2 Å². The SMILES string of the molecule is CCOC(=O)c1cnc(N2CCc3ccc([N+](=O)[O-])cc32)nc1O. The minimum Gasteiger partial charge on any atom is -0.493 e. The van der Waals surface area contributed by atoms with Gasteiger partial charge in [-0.2, -0.15) is 4.98 Å². The molecule has 1 N–H and O–H groups in total. The number of fused-ring (bicyclic) bond motifs is 1. The van der Waals surface area contributed by atoms with Gasteiger partial charge in [0.05, 0.1) is 23.4 Å². The normalized spacial score (nSPS) is 12.8. The molecule has 2 heterocycles. The number of anilines is 2. The van der Waals surface area contributed by atoms with Crippen molar-refractivity contribution in [2.45, 2.75) is 13.3 Å². The first kappa shape index (κ1) is 15.7. The molecule has 1 aliphatic rings. The molecule has 9 heteroatoms. The first-order chi connectivity index (χ1) is 11.5. The maximum atomic E-state index is 11.7. The highest BCUT2D eigenvalue weighted by atomic mass is 16.6. The highest BCUT2D eigenvalue weighted by Crippen LogP contribution is 2.36. The molecule has 2 aromatic rings. The second-order valence-electron chi connectivity index (χ2n) is 5.10. The fourth-order valence-corrected chi connectivity index (χ4v) is 2.54. The van der Waals surface area contributed by atoms with Gasteiger partial charge in [-0.25, -0.2) is 9.78 Å². The summed E-state index contributed by atoms with van der Waals surface area (Å²) in [6.45, 7) is 2.34. The molecular weight excluding hydrogens is 316 g/mol. The lowest BCUT2D eigenvalue weighted by Gasteiger charge is -2.17. The van der Waals surface area contributed by atoms with Crippen LogP contribution in [0, 0.1) is 10.1 Å². The number of nitrogens with zero attached hydrogens (tertiary/aromatic N) is 4. The van der Waals surface area contributed by atoms with Gasteiger partial charge in [0.15, 0.2) is 0 Å². The lowest BCUT2D eigenvalue weighted by Crippen LogP contribution is -2.17. The fraction of sp³-hybridized carbons (Fsp3) is 0.267. The summed E-state index contributed by atoms with van der Waals surface area (Å²) in [7, 11) is 0. The highest BCUT2D eigenvalue weighted by Gasteiger charge is 2.26. The van der Waals surface area contributed by atoms with Crippen molar-refractivity contribution in [2.24, 2.45) is 0 Å². The van der Waals surface area contributed by atoms with Crippen LogP contribution in [0.4, 0.5) is 17.3 Å². The van der Waals surface area contributed by atoms with Crippen LogP contribution in [-0.4, -0.2) is 39.1 Å². The highest BCUT2D eigenvalue weighted by molar-refractivity contribution is 5.91. The van der Waals surface area contributed by atoms with Crippen molar-refractivity contribution in [3.8, 4) is 5.88 Å². The second kappa shape index (κ2) is 6.11. The number of ether oxygens (including phenoxy) is 1. The Morgan fingerprint density at radius 3 is 2.96 bits per heavy atom. The molecule has 0 aliphatic carbocycles. The number of hydrogen-bond donors (Lipinski definition) is 1. The van der Waals surface area contributed by atoms with Gasteiger partial charge in [0.1, 0.15) is 5.56 Å². The first-order valence-corrected chi connectivity index (χ1v) is 7.29. The zero-order valence-electron chi connectivity index (χ0n) is 12.8. The van der Waals surface area contributed by atoms with Gasteiger partial charge in [-0.3, -0.25) is 10.1 Å². The molecule has 124 valence electrons. The van der Waals surface area contributed by atoms with Gasteiger partial charge < -0.3 is 14.7 Å². The number of hydrogen-bond acceptors (Lipinski definition) is 8. The van der Waals surface area contributed by atoms with Crippen molar-refractivity contribution in [1.29, 1.82) is 0 Å². The Bertz CT molecular complexity index is 824. The molecule has 24 heavy (non-hydrogen) atoms. The Morgan fingerprint density at radius 1 is 1.50 bits per heavy atom. The largest absolute Gasteiger partial charge is 0.493 e. The molecule has 0 radical (unpaired) electrons. The predicted molar refractivity (Wildman–Crippen MR) is 83.5 cm³/mol. The third kappa shape index (κ3) is 2.71. The van der Waals surface area contributed by atoms with E-state index in [-0.39, 0.29) is 23.8 Å². The average molecular weight is 330 g/mol. The molecule has 0 saturated heterocycles. The van der Waals surface area contributed by atoms with E-state index in [0.717, 1.165) is 5.56 Å². The number of nitro benzene ring substituents is 1. The Labute approximate surface area is 136 Å². The van der Waals surface area contributed by atoms with Gasteiger partial charge in [0.25, 0.3) is 5.69 Å². The molecule has 0 fully saturated rings. The fourth-order valence-electron chi connectivity index (χ4n) is 2.54. The molecule has 1 aliphatic heterocycles. The zero-order chi connectivity index (χ0) is 17.3. The van der Waals surface area contributed by atoms with Crippen LogP contribution in [0.1, 0.15) is 22.8 Å². The Balaban J connectivity index is 1.95. The molecule has 0 spiro atoms. The van der Waals surface area contributed by atoms with Gasteiger partial charge in [0, 0.05) is 18.7 Å². The summed E-state index contributed by atoms with van der Waals surface area (Å²) in [6, 6.07) is 4.59. The molecule has 3 rings (SSSR count). The molecule has 0 atom stereocenters. The number of carbonyl (C=O) groups excluding carboxylic acids is 1. The summed E-state index contributed by atoms with van der Waals surface area (Å²) >= 11 is 0. The van der Waals surface area contributed by atoms with E-state index >= 15 is 0 Å². The summed E-state index contributed by atoms with van der Waals surface area (Å²) in [5, 5.41) is 20.9. The van der Waals surface area contributed by atoms with E-state index in [1.165, 1.54) is 18.3 Å². The standard InChI is InChI=1S/C15H14N4O5/c1-2-24-14(21)11-8-16-15(17-13(11)20)18-6-5-9-3-4-10(19(22)23)7-12(9)18/h3-4,7-8H,2,5-6H2,1H3,(H,16,17,20). The zero-order valence-corrected chi connectivity index (χ0v) is 12.8. The lowest BCUT2D eigenvalue weighted by atomic mass is 10.1. The molecule has 0 saturated carbocycles. The number of benzene rings is 1. The van der Waals surface area contributed by atoms with Crippen molar-refractivity contribution in [2.75, 3.05) is 18.1 Å². The Hall–Kier alpha value is -3.23. The number of non-ortho nitro benzene ring substituents is 1. The van der Waals surface area contributed by atoms with E-state index in [1.54, 1.807) is 17.9 Å². The van der Waals surface area contributed by atoms with Gasteiger partial charge in [-0.15, -0.1) is 0 Å². The first-order valence-electron chi connectivity index (χ1n) is 7.29. The quantitative estimate of drug-likeness (QED) is 0.513. The third-order valence-corrected chi connectivity index (χ3v) is 3.67. The van der Waals surface area contributed by atoms with E-state index in [1.807, 2.05) is 0 Å². The number of esters is 1. The molecule has 1 aromatic carbocycles. The van der Waals surface area contributed by atoms with Crippen LogP contribution in [0.15, 0.2) is 24.4 Å². The number of aromatic hydroxyl groups is 1. The summed E-state index contributed by atoms with van der Waals surface area (Å²) in [4.78, 5) is 31.8. The second-order valence-corrected chi connectivity index (χ2v) is 5.10. The van der Waals surface area contributed by atoms with Crippen LogP contribution in [0.5, 0.6) is 5.88 Å². The minimum absolute atomic E-state index is 0.0342. The molecule has 1 aromatic heterocycles. The number of rotatable bonds is 4. The number of aromatic nitrogens is 2. The molecule has 9 nitrogen and oxygen atoms in total. The maximum absolute atomic E-state index is 11.7. The van der Waals surface area contributed by atoms with Crippen molar-refractivity contribution < 1.29 is 19.6 Å². The summed E-state index contributed by atoms with van der Waals surface area (Å²) in [5.74, 6) is -1.03. The van der Waals surface area contributed by atoms with Crippen LogP contribution >= 0.6 is 0 Å². The Kier molecular flexibility index (Phi) is 3.98. The van der Waals surface area contributed by atoms with E-state index in [4.69, 9.17) is 4.74 Å². The summed E-state index contributed by atoms with van der Waals surface area (Å²) < 4.78 is 4.80. The lowest BCUT2D eigenvalue weighted by molar-refractivity contribution is -0.384. The van der Waals surface area contributed by atoms with Crippen molar-refractivity contribution >= 4 is 23.3 Å². The Morgan fingerprint density at radius 2 is 2.29 bits per heavy atom. The monoisotopic (exact) mass is 330 g/mol. The average Bonchev–Trinajstić information content (AvgIpc) is 2.97. The van der Waals surface area contributed by atoms with Gasteiger partial charge in [-0.1, -0.05) is 6.07 Å². The van der Waals surface area contributed by atoms with Crippen LogP contribution < -0.4 is 4.90 Å². The molecule has 0 bridgehead atoms. The van der Waals surface area contributed by atoms with E-state index < -0.39 is 16.8 Å². The molecule has 0 unspecified atom stereocenters. The van der Waals surface area contributed by atoms with Crippen molar-refractivity contribution in [3.05, 3.63) is 45.6 Å². The predicted octanol–water partition coefficient (Wildman–Crippen LogP) is 1.96. The van der Waals surface area contributed by atoms with Crippen LogP contribution in [0.3, 0.4) is 0 Å². The smallest absolute Gasteiger partial charge is 0.345 e. The third-order valence-electron chi connectivity index (χ3n) is 3.67. The van der Waals surface area contributed by atoms with Gasteiger partial charge >= 0.3 is 5.97 Å². The molecular formula is C15H14N4O5. The van der Waals surface area contributed by atoms with Crippen molar-refractivity contribution in [3.63, 3.8) is 0 Å². The minimum atomic E-state index is -0.709. The van der Waals surface area contributed by atoms with E-state index in [0.29, 0.717) is 18.7 Å².